The van der Waals surface area contributed by atoms with Crippen molar-refractivity contribution in [2.45, 2.75) is 44.0 Å². The summed E-state index contributed by atoms with van der Waals surface area (Å²) in [6.07, 6.45) is 2.42. The van der Waals surface area contributed by atoms with Crippen LogP contribution in [0.5, 0.6) is 0 Å². The molecule has 1 aromatic heterocycles. The van der Waals surface area contributed by atoms with Crippen molar-refractivity contribution in [2.24, 2.45) is 0 Å². The molecule has 0 aliphatic carbocycles. The largest absolute Gasteiger partial charge is 0.273 e. The molecule has 5 nitrogen and oxygen atoms in total. The molecular weight excluding hydrogens is 284 g/mol. The molecule has 1 heterocycles. The maximum Gasteiger partial charge on any atom is 0.238 e. The van der Waals surface area contributed by atoms with E-state index in [1.165, 1.54) is 5.56 Å². The molecule has 0 aliphatic rings. The first-order valence-electron chi connectivity index (χ1n) is 7.09. The van der Waals surface area contributed by atoms with E-state index in [4.69, 9.17) is 0 Å². The number of carbonyl (C=O) groups excluding carboxylic acids is 1. The molecule has 0 saturated heterocycles. The summed E-state index contributed by atoms with van der Waals surface area (Å²) in [6, 6.07) is 10.2. The smallest absolute Gasteiger partial charge is 0.238 e. The molecule has 0 saturated carbocycles. The number of hydrogen-bond acceptors (Lipinski definition) is 4. The van der Waals surface area contributed by atoms with Crippen LogP contribution in [0.3, 0.4) is 0 Å². The van der Waals surface area contributed by atoms with Crippen molar-refractivity contribution >= 4 is 17.7 Å². The van der Waals surface area contributed by atoms with Crippen LogP contribution in [0, 0.1) is 6.92 Å². The summed E-state index contributed by atoms with van der Waals surface area (Å²) in [5.74, 6) is 1.49. The van der Waals surface area contributed by atoms with E-state index in [1.54, 1.807) is 16.4 Å². The summed E-state index contributed by atoms with van der Waals surface area (Å²) in [7, 11) is 0. The first-order valence-corrected chi connectivity index (χ1v) is 8.08. The average Bonchev–Trinajstić information content (AvgIpc) is 2.85. The Morgan fingerprint density at radius 3 is 2.76 bits per heavy atom. The third-order valence-corrected chi connectivity index (χ3v) is 4.00. The maximum atomic E-state index is 11.9. The van der Waals surface area contributed by atoms with Crippen LogP contribution in [0.4, 0.5) is 0 Å². The molecule has 1 aromatic carbocycles. The van der Waals surface area contributed by atoms with Gasteiger partial charge in [0.2, 0.25) is 11.1 Å². The van der Waals surface area contributed by atoms with Crippen LogP contribution < -0.4 is 5.43 Å². The quantitative estimate of drug-likeness (QED) is 0.798. The second-order valence-corrected chi connectivity index (χ2v) is 5.72. The zero-order valence-electron chi connectivity index (χ0n) is 12.4. The van der Waals surface area contributed by atoms with E-state index in [1.807, 2.05) is 25.1 Å². The van der Waals surface area contributed by atoms with E-state index in [0.717, 1.165) is 18.6 Å². The Morgan fingerprint density at radius 2 is 2.05 bits per heavy atom. The number of rotatable bonds is 7. The Kier molecular flexibility index (Phi) is 5.80. The average molecular weight is 304 g/mol. The van der Waals surface area contributed by atoms with Gasteiger partial charge >= 0.3 is 0 Å². The predicted molar refractivity (Wildman–Crippen MR) is 84.7 cm³/mol. The monoisotopic (exact) mass is 304 g/mol. The molecular formula is C15H20N4OS. The van der Waals surface area contributed by atoms with Crippen LogP contribution in [0.1, 0.15) is 37.6 Å². The summed E-state index contributed by atoms with van der Waals surface area (Å²) in [4.78, 5) is 11.9. The maximum absolute atomic E-state index is 11.9. The first-order chi connectivity index (χ1) is 10.2. The number of hydrogen-bond donors (Lipinski definition) is 1. The van der Waals surface area contributed by atoms with E-state index in [0.29, 0.717) is 17.4 Å². The van der Waals surface area contributed by atoms with Crippen molar-refractivity contribution in [3.8, 4) is 0 Å². The molecule has 0 aliphatic heterocycles. The van der Waals surface area contributed by atoms with Gasteiger partial charge in [-0.1, -0.05) is 55.4 Å². The highest BCUT2D eigenvalue weighted by atomic mass is 32.2. The summed E-state index contributed by atoms with van der Waals surface area (Å²) >= 11 is 1.56. The van der Waals surface area contributed by atoms with Crippen LogP contribution in [0.25, 0.3) is 0 Å². The van der Waals surface area contributed by atoms with Gasteiger partial charge in [-0.2, -0.15) is 0 Å². The Hall–Kier alpha value is -1.82. The van der Waals surface area contributed by atoms with Gasteiger partial charge in [-0.25, -0.2) is 4.68 Å². The van der Waals surface area contributed by atoms with E-state index >= 15 is 0 Å². The van der Waals surface area contributed by atoms with Gasteiger partial charge in [0, 0.05) is 12.2 Å². The zero-order chi connectivity index (χ0) is 15.1. The highest BCUT2D eigenvalue weighted by Gasteiger charge is 2.12. The molecule has 1 amide bonds. The van der Waals surface area contributed by atoms with E-state index in [2.05, 4.69) is 34.7 Å². The normalized spacial score (nSPS) is 10.6. The zero-order valence-corrected chi connectivity index (χ0v) is 13.2. The third kappa shape index (κ3) is 4.60. The molecule has 0 atom stereocenters. The van der Waals surface area contributed by atoms with Crippen LogP contribution in [0.15, 0.2) is 35.5 Å². The lowest BCUT2D eigenvalue weighted by Gasteiger charge is -2.09. The minimum Gasteiger partial charge on any atom is -0.273 e. The van der Waals surface area contributed by atoms with Crippen LogP contribution in [-0.2, 0) is 10.5 Å². The Bertz CT molecular complexity index is 583. The van der Waals surface area contributed by atoms with Gasteiger partial charge in [-0.05, 0) is 18.9 Å². The summed E-state index contributed by atoms with van der Waals surface area (Å²) in [5, 5.41) is 8.87. The lowest BCUT2D eigenvalue weighted by Crippen LogP contribution is -2.24. The van der Waals surface area contributed by atoms with Crippen molar-refractivity contribution in [1.82, 2.24) is 14.9 Å². The van der Waals surface area contributed by atoms with Gasteiger partial charge < -0.3 is 0 Å². The summed E-state index contributed by atoms with van der Waals surface area (Å²) in [5.41, 5.74) is 4.08. The van der Waals surface area contributed by atoms with Gasteiger partial charge in [0.1, 0.15) is 5.82 Å². The Labute approximate surface area is 129 Å². The van der Waals surface area contributed by atoms with Gasteiger partial charge in [-0.3, -0.25) is 10.2 Å². The molecule has 0 bridgehead atoms. The molecule has 2 aromatic rings. The standard InChI is InChI=1S/C15H20N4OS/c1-3-4-10-14(20)18-19-12(2)16-17-15(19)21-11-13-8-6-5-7-9-13/h5-9H,3-4,10-11H2,1-2H3,(H,18,20). The first kappa shape index (κ1) is 15.6. The summed E-state index contributed by atoms with van der Waals surface area (Å²) < 4.78 is 1.67. The van der Waals surface area contributed by atoms with Crippen molar-refractivity contribution in [1.29, 1.82) is 0 Å². The molecule has 21 heavy (non-hydrogen) atoms. The lowest BCUT2D eigenvalue weighted by molar-refractivity contribution is -0.117. The number of aromatic nitrogens is 3. The van der Waals surface area contributed by atoms with Gasteiger partial charge in [0.05, 0.1) is 0 Å². The number of nitrogens with one attached hydrogen (secondary N) is 1. The van der Waals surface area contributed by atoms with Crippen molar-refractivity contribution in [2.75, 3.05) is 5.43 Å². The highest BCUT2D eigenvalue weighted by Crippen LogP contribution is 2.20. The SMILES string of the molecule is CCCCC(=O)Nn1c(C)nnc1SCc1ccccc1. The van der Waals surface area contributed by atoms with Gasteiger partial charge in [-0.15, -0.1) is 10.2 Å². The molecule has 1 N–H and O–H groups in total. The van der Waals surface area contributed by atoms with E-state index in [9.17, 15) is 4.79 Å². The topological polar surface area (TPSA) is 59.8 Å². The number of nitrogens with zero attached hydrogens (tertiary/aromatic N) is 3. The van der Waals surface area contributed by atoms with Crippen molar-refractivity contribution in [3.05, 3.63) is 41.7 Å². The number of amides is 1. The molecule has 0 radical (unpaired) electrons. The predicted octanol–water partition coefficient (Wildman–Crippen LogP) is 3.14. The van der Waals surface area contributed by atoms with Crippen molar-refractivity contribution in [3.63, 3.8) is 0 Å². The fourth-order valence-electron chi connectivity index (χ4n) is 1.81. The van der Waals surface area contributed by atoms with Gasteiger partial charge in [0.15, 0.2) is 0 Å². The van der Waals surface area contributed by atoms with E-state index in [-0.39, 0.29) is 5.91 Å². The fraction of sp³-hybridized carbons (Fsp3) is 0.400. The lowest BCUT2D eigenvalue weighted by atomic mass is 10.2. The molecule has 2 rings (SSSR count). The van der Waals surface area contributed by atoms with Gasteiger partial charge in [0.25, 0.3) is 0 Å². The molecule has 112 valence electrons. The Balaban J connectivity index is 1.99. The molecule has 0 fully saturated rings. The third-order valence-electron chi connectivity index (χ3n) is 3.00. The summed E-state index contributed by atoms with van der Waals surface area (Å²) in [6.45, 7) is 3.90. The molecule has 0 unspecified atom stereocenters. The number of carbonyl (C=O) groups is 1. The van der Waals surface area contributed by atoms with Crippen LogP contribution in [-0.4, -0.2) is 20.8 Å². The second-order valence-electron chi connectivity index (χ2n) is 4.78. The second kappa shape index (κ2) is 7.83. The minimum absolute atomic E-state index is 0.00121. The Morgan fingerprint density at radius 1 is 1.29 bits per heavy atom. The van der Waals surface area contributed by atoms with Crippen LogP contribution >= 0.6 is 11.8 Å². The highest BCUT2D eigenvalue weighted by molar-refractivity contribution is 7.98. The minimum atomic E-state index is 0.00121. The molecule has 6 heteroatoms. The number of thioether (sulfide) groups is 1. The number of unbranched alkanes of at least 4 members (excludes halogenated alkanes) is 1. The van der Waals surface area contributed by atoms with Crippen LogP contribution in [0.2, 0.25) is 0 Å². The van der Waals surface area contributed by atoms with E-state index < -0.39 is 0 Å². The molecule has 0 spiro atoms. The number of aryl methyl sites for hydroxylation is 1. The number of benzene rings is 1. The van der Waals surface area contributed by atoms with Crippen molar-refractivity contribution < 1.29 is 4.79 Å². The fourth-order valence-corrected chi connectivity index (χ4v) is 2.70.